The molecule has 0 bridgehead atoms. The van der Waals surface area contributed by atoms with Gasteiger partial charge in [-0.2, -0.15) is 0 Å². The van der Waals surface area contributed by atoms with E-state index in [1.807, 2.05) is 92.0 Å². The van der Waals surface area contributed by atoms with Crippen LogP contribution in [0.15, 0.2) is 121 Å². The third kappa shape index (κ3) is 7.01. The van der Waals surface area contributed by atoms with E-state index in [1.165, 1.54) is 0 Å². The number of aryl methyl sites for hydroxylation is 1. The first-order chi connectivity index (χ1) is 23.8. The van der Waals surface area contributed by atoms with Crippen molar-refractivity contribution in [3.63, 3.8) is 0 Å². The largest absolute Gasteiger partial charge is 0.497 e. The first-order valence-corrected chi connectivity index (χ1v) is 16.2. The summed E-state index contributed by atoms with van der Waals surface area (Å²) in [7, 11) is 1.57. The Morgan fingerprint density at radius 1 is 1.00 bits per heavy atom. The van der Waals surface area contributed by atoms with Gasteiger partial charge in [-0.15, -0.1) is 5.10 Å². The van der Waals surface area contributed by atoms with Crippen LogP contribution in [-0.4, -0.2) is 50.7 Å². The minimum Gasteiger partial charge on any atom is -0.497 e. The number of aromatic nitrogens is 3. The Balaban J connectivity index is 1.11. The fraction of sp³-hybridized carbons (Fsp3) is 0.231. The van der Waals surface area contributed by atoms with Gasteiger partial charge >= 0.3 is 0 Å². The van der Waals surface area contributed by atoms with Gasteiger partial charge in [-0.05, 0) is 60.0 Å². The standard InChI is InChI=1S/C39H39N5O5/c1-27(11-8-9-22-43-25-35(41-42-43)33(26-45)29-13-4-3-5-14-29)39(48)34-16-6-7-17-36(34)44(38(39)47)24-28-12-10-15-31(23-28)40-37(46)30-18-20-32(49-2)21-19-30/h3-8,10-21,23,25,27,33,45,48H,9,22,24,26H2,1-2H3,(H,40,46)/b11-8+/t27-,33?,39+/m0/s1. The Bertz CT molecular complexity index is 1940. The Hall–Kier alpha value is -5.58. The number of hydrogen-bond donors (Lipinski definition) is 3. The lowest BCUT2D eigenvalue weighted by Crippen LogP contribution is -2.44. The molecule has 0 saturated heterocycles. The SMILES string of the molecule is COc1ccc(C(=O)Nc2cccc(CN3C(=O)[C@@](O)([C@@H](C)/C=C/CCn4cc(C(CO)c5ccccc5)nn4)c4ccccc43)c2)cc1. The molecule has 2 amide bonds. The molecule has 1 aliphatic heterocycles. The lowest BCUT2D eigenvalue weighted by Gasteiger charge is -2.27. The zero-order valence-electron chi connectivity index (χ0n) is 27.4. The average Bonchev–Trinajstić information content (AvgIpc) is 3.68. The molecule has 0 saturated carbocycles. The summed E-state index contributed by atoms with van der Waals surface area (Å²) < 4.78 is 6.91. The number of rotatable bonds is 13. The van der Waals surface area contributed by atoms with Gasteiger partial charge in [0.2, 0.25) is 0 Å². The van der Waals surface area contributed by atoms with Crippen LogP contribution in [0.25, 0.3) is 0 Å². The molecule has 0 fully saturated rings. The van der Waals surface area contributed by atoms with Crippen molar-refractivity contribution in [1.29, 1.82) is 0 Å². The zero-order valence-corrected chi connectivity index (χ0v) is 27.4. The number of para-hydroxylation sites is 1. The molecule has 5 aromatic rings. The van der Waals surface area contributed by atoms with Gasteiger partial charge in [0.1, 0.15) is 5.75 Å². The summed E-state index contributed by atoms with van der Waals surface area (Å²) in [5.41, 5.74) is 3.00. The fourth-order valence-corrected chi connectivity index (χ4v) is 6.22. The maximum Gasteiger partial charge on any atom is 0.264 e. The van der Waals surface area contributed by atoms with Crippen molar-refractivity contribution in [1.82, 2.24) is 15.0 Å². The molecule has 0 aliphatic carbocycles. The summed E-state index contributed by atoms with van der Waals surface area (Å²) in [4.78, 5) is 28.5. The number of carbonyl (C=O) groups excluding carboxylic acids is 2. The summed E-state index contributed by atoms with van der Waals surface area (Å²) in [6, 6.07) is 31.2. The number of ether oxygens (including phenoxy) is 1. The second-order valence-electron chi connectivity index (χ2n) is 12.1. The molecule has 4 aromatic carbocycles. The first kappa shape index (κ1) is 33.3. The van der Waals surface area contributed by atoms with Crippen LogP contribution in [-0.2, 0) is 23.5 Å². The van der Waals surface area contributed by atoms with Gasteiger partial charge in [-0.3, -0.25) is 14.3 Å². The molecule has 10 heteroatoms. The Morgan fingerprint density at radius 3 is 2.51 bits per heavy atom. The van der Waals surface area contributed by atoms with Crippen LogP contribution in [0.3, 0.4) is 0 Å². The molecular weight excluding hydrogens is 618 g/mol. The van der Waals surface area contributed by atoms with Gasteiger partial charge in [0.25, 0.3) is 11.8 Å². The summed E-state index contributed by atoms with van der Waals surface area (Å²) in [6.07, 6.45) is 6.25. The highest BCUT2D eigenvalue weighted by molar-refractivity contribution is 6.07. The number of amides is 2. The summed E-state index contributed by atoms with van der Waals surface area (Å²) in [5, 5.41) is 33.4. The first-order valence-electron chi connectivity index (χ1n) is 16.2. The number of methoxy groups -OCH3 is 1. The van der Waals surface area contributed by atoms with Crippen molar-refractivity contribution >= 4 is 23.2 Å². The van der Waals surface area contributed by atoms with Crippen molar-refractivity contribution < 1.29 is 24.5 Å². The van der Waals surface area contributed by atoms with Crippen LogP contribution in [0.5, 0.6) is 5.75 Å². The van der Waals surface area contributed by atoms with E-state index in [9.17, 15) is 19.8 Å². The average molecular weight is 658 g/mol. The molecule has 250 valence electrons. The molecule has 6 rings (SSSR count). The van der Waals surface area contributed by atoms with Gasteiger partial charge in [-0.25, -0.2) is 0 Å². The number of aliphatic hydroxyl groups is 2. The van der Waals surface area contributed by atoms with Crippen LogP contribution in [0.2, 0.25) is 0 Å². The smallest absolute Gasteiger partial charge is 0.264 e. The highest BCUT2D eigenvalue weighted by Gasteiger charge is 2.52. The molecule has 1 unspecified atom stereocenters. The molecule has 3 N–H and O–H groups in total. The maximum absolute atomic E-state index is 14.0. The summed E-state index contributed by atoms with van der Waals surface area (Å²) in [6.45, 7) is 2.53. The van der Waals surface area contributed by atoms with E-state index in [2.05, 4.69) is 15.6 Å². The Labute approximate surface area is 285 Å². The molecule has 1 aliphatic rings. The number of allylic oxidation sites excluding steroid dienone is 1. The van der Waals surface area contributed by atoms with Gasteiger partial charge in [0.05, 0.1) is 37.6 Å². The molecule has 49 heavy (non-hydrogen) atoms. The topological polar surface area (TPSA) is 130 Å². The van der Waals surface area contributed by atoms with Crippen molar-refractivity contribution in [3.05, 3.63) is 149 Å². The lowest BCUT2D eigenvalue weighted by atomic mass is 9.83. The zero-order chi connectivity index (χ0) is 34.4. The highest BCUT2D eigenvalue weighted by atomic mass is 16.5. The van der Waals surface area contributed by atoms with Crippen molar-refractivity contribution in [2.45, 2.75) is 38.0 Å². The predicted molar refractivity (Wildman–Crippen MR) is 187 cm³/mol. The fourth-order valence-electron chi connectivity index (χ4n) is 6.22. The van der Waals surface area contributed by atoms with E-state index in [0.29, 0.717) is 46.9 Å². The van der Waals surface area contributed by atoms with Crippen LogP contribution < -0.4 is 15.0 Å². The molecule has 10 nitrogen and oxygen atoms in total. The van der Waals surface area contributed by atoms with Crippen LogP contribution >= 0.6 is 0 Å². The van der Waals surface area contributed by atoms with Crippen LogP contribution in [0, 0.1) is 5.92 Å². The Kier molecular flexibility index (Phi) is 9.98. The van der Waals surface area contributed by atoms with E-state index in [0.717, 1.165) is 11.1 Å². The van der Waals surface area contributed by atoms with E-state index < -0.39 is 17.4 Å². The minimum atomic E-state index is -1.75. The van der Waals surface area contributed by atoms with E-state index >= 15 is 0 Å². The second-order valence-corrected chi connectivity index (χ2v) is 12.1. The lowest BCUT2D eigenvalue weighted by molar-refractivity contribution is -0.139. The third-order valence-corrected chi connectivity index (χ3v) is 8.96. The number of hydrogen-bond acceptors (Lipinski definition) is 7. The number of anilines is 2. The molecular formula is C39H39N5O5. The molecule has 0 radical (unpaired) electrons. The summed E-state index contributed by atoms with van der Waals surface area (Å²) in [5.74, 6) is -0.781. The van der Waals surface area contributed by atoms with Gasteiger partial charge in [0, 0.05) is 35.5 Å². The number of aliphatic hydroxyl groups excluding tert-OH is 1. The van der Waals surface area contributed by atoms with Crippen molar-refractivity contribution in [2.24, 2.45) is 5.92 Å². The molecule has 1 aromatic heterocycles. The maximum atomic E-state index is 14.0. The second kappa shape index (κ2) is 14.7. The summed E-state index contributed by atoms with van der Waals surface area (Å²) >= 11 is 0. The predicted octanol–water partition coefficient (Wildman–Crippen LogP) is 5.68. The number of carbonyl (C=O) groups is 2. The normalized spacial score (nSPS) is 16.8. The number of fused-ring (bicyclic) bond motifs is 1. The quantitative estimate of drug-likeness (QED) is 0.139. The third-order valence-electron chi connectivity index (χ3n) is 8.96. The highest BCUT2D eigenvalue weighted by Crippen LogP contribution is 2.45. The molecule has 0 spiro atoms. The monoisotopic (exact) mass is 657 g/mol. The van der Waals surface area contributed by atoms with Crippen molar-refractivity contribution in [3.8, 4) is 5.75 Å². The number of nitrogens with one attached hydrogen (secondary N) is 1. The number of benzene rings is 4. The van der Waals surface area contributed by atoms with Crippen LogP contribution in [0.1, 0.15) is 52.0 Å². The van der Waals surface area contributed by atoms with Crippen molar-refractivity contribution in [2.75, 3.05) is 23.9 Å². The van der Waals surface area contributed by atoms with E-state index in [1.54, 1.807) is 53.1 Å². The Morgan fingerprint density at radius 2 is 1.76 bits per heavy atom. The molecule has 3 atom stereocenters. The minimum absolute atomic E-state index is 0.0716. The van der Waals surface area contributed by atoms with Gasteiger partial charge < -0.3 is 25.2 Å². The van der Waals surface area contributed by atoms with Gasteiger partial charge in [0.15, 0.2) is 5.60 Å². The number of nitrogens with zero attached hydrogens (tertiary/aromatic N) is 4. The van der Waals surface area contributed by atoms with E-state index in [4.69, 9.17) is 4.74 Å². The van der Waals surface area contributed by atoms with Gasteiger partial charge in [-0.1, -0.05) is 85.0 Å². The molecule has 2 heterocycles. The van der Waals surface area contributed by atoms with E-state index in [-0.39, 0.29) is 25.0 Å². The van der Waals surface area contributed by atoms with Crippen LogP contribution in [0.4, 0.5) is 11.4 Å².